The molecule has 0 saturated carbocycles. The van der Waals surface area contributed by atoms with Crippen molar-refractivity contribution in [1.82, 2.24) is 0 Å². The molecule has 0 aliphatic carbocycles. The Morgan fingerprint density at radius 1 is 1.28 bits per heavy atom. The number of alkyl halides is 3. The van der Waals surface area contributed by atoms with Gasteiger partial charge in [0.1, 0.15) is 5.69 Å². The van der Waals surface area contributed by atoms with Crippen molar-refractivity contribution < 1.29 is 31.5 Å². The lowest BCUT2D eigenvalue weighted by atomic mass is 10.3. The van der Waals surface area contributed by atoms with Gasteiger partial charge in [-0.1, -0.05) is 15.9 Å². The number of ether oxygens (including phenoxy) is 1. The summed E-state index contributed by atoms with van der Waals surface area (Å²) in [6, 6.07) is 1.67. The monoisotopic (exact) mass is 333 g/mol. The van der Waals surface area contributed by atoms with E-state index in [1.807, 2.05) is 0 Å². The summed E-state index contributed by atoms with van der Waals surface area (Å²) in [4.78, 5) is 10.9. The minimum Gasteiger partial charge on any atom is -0.440 e. The Balaban J connectivity index is 2.71. The van der Waals surface area contributed by atoms with Gasteiger partial charge < -0.3 is 4.74 Å². The zero-order valence-corrected chi connectivity index (χ0v) is 10.0. The predicted octanol–water partition coefficient (Wildman–Crippen LogP) is 3.84. The van der Waals surface area contributed by atoms with Crippen molar-refractivity contribution in [2.45, 2.75) is 6.18 Å². The van der Waals surface area contributed by atoms with Crippen LogP contribution in [-0.2, 0) is 4.74 Å². The highest BCUT2D eigenvalue weighted by molar-refractivity contribution is 9.10. The van der Waals surface area contributed by atoms with Gasteiger partial charge in [-0.3, -0.25) is 5.32 Å². The quantitative estimate of drug-likeness (QED) is 0.835. The van der Waals surface area contributed by atoms with Crippen molar-refractivity contribution in [2.75, 3.05) is 11.9 Å². The molecular formula is C9H5BrF5NO2. The van der Waals surface area contributed by atoms with Crippen molar-refractivity contribution in [3.8, 4) is 0 Å². The number of benzene rings is 1. The fourth-order valence-electron chi connectivity index (χ4n) is 0.947. The molecule has 0 spiro atoms. The first kappa shape index (κ1) is 14.7. The summed E-state index contributed by atoms with van der Waals surface area (Å²) in [7, 11) is 0. The van der Waals surface area contributed by atoms with Crippen LogP contribution in [0.3, 0.4) is 0 Å². The van der Waals surface area contributed by atoms with Crippen molar-refractivity contribution in [3.05, 3.63) is 28.2 Å². The summed E-state index contributed by atoms with van der Waals surface area (Å²) in [5.74, 6) is -2.29. The third-order valence-corrected chi connectivity index (χ3v) is 2.06. The second-order valence-electron chi connectivity index (χ2n) is 3.06. The van der Waals surface area contributed by atoms with Crippen LogP contribution >= 0.6 is 15.9 Å². The van der Waals surface area contributed by atoms with Crippen LogP contribution in [0, 0.1) is 11.6 Å². The summed E-state index contributed by atoms with van der Waals surface area (Å²) in [5, 5.41) is 1.55. The molecule has 0 aliphatic heterocycles. The van der Waals surface area contributed by atoms with E-state index < -0.39 is 36.2 Å². The van der Waals surface area contributed by atoms with E-state index in [4.69, 9.17) is 0 Å². The SMILES string of the molecule is O=C(Nc1c(F)cc(Br)cc1F)OCC(F)(F)F. The Kier molecular flexibility index (Phi) is 4.49. The lowest BCUT2D eigenvalue weighted by Gasteiger charge is -2.10. The summed E-state index contributed by atoms with van der Waals surface area (Å²) in [6.45, 7) is -1.85. The number of amides is 1. The van der Waals surface area contributed by atoms with Gasteiger partial charge in [0.05, 0.1) is 0 Å². The second kappa shape index (κ2) is 5.51. The average molecular weight is 334 g/mol. The molecule has 0 aromatic heterocycles. The third kappa shape index (κ3) is 4.47. The predicted molar refractivity (Wildman–Crippen MR) is 55.1 cm³/mol. The molecule has 1 N–H and O–H groups in total. The Hall–Kier alpha value is -1.38. The molecule has 0 aliphatic rings. The number of halogens is 6. The summed E-state index contributed by atoms with van der Waals surface area (Å²) in [6.07, 6.45) is -6.32. The van der Waals surface area contributed by atoms with E-state index in [9.17, 15) is 26.7 Å². The first-order valence-corrected chi connectivity index (χ1v) is 5.13. The lowest BCUT2D eigenvalue weighted by molar-refractivity contribution is -0.159. The van der Waals surface area contributed by atoms with Gasteiger partial charge in [-0.05, 0) is 12.1 Å². The molecule has 1 rings (SSSR count). The molecule has 9 heteroatoms. The molecule has 1 aromatic carbocycles. The fourth-order valence-corrected chi connectivity index (χ4v) is 1.35. The number of hydrogen-bond acceptors (Lipinski definition) is 2. The lowest BCUT2D eigenvalue weighted by Crippen LogP contribution is -2.24. The van der Waals surface area contributed by atoms with Crippen molar-refractivity contribution >= 4 is 27.7 Å². The normalized spacial score (nSPS) is 11.2. The molecule has 3 nitrogen and oxygen atoms in total. The second-order valence-corrected chi connectivity index (χ2v) is 3.98. The Morgan fingerprint density at radius 3 is 2.22 bits per heavy atom. The average Bonchev–Trinajstić information content (AvgIpc) is 2.19. The molecule has 0 bridgehead atoms. The van der Waals surface area contributed by atoms with Gasteiger partial charge in [0, 0.05) is 4.47 Å². The van der Waals surface area contributed by atoms with Gasteiger partial charge in [0.2, 0.25) is 0 Å². The topological polar surface area (TPSA) is 38.3 Å². The summed E-state index contributed by atoms with van der Waals surface area (Å²) < 4.78 is 65.3. The van der Waals surface area contributed by atoms with Crippen molar-refractivity contribution in [2.24, 2.45) is 0 Å². The van der Waals surface area contributed by atoms with Gasteiger partial charge in [0.15, 0.2) is 18.2 Å². The number of nitrogens with one attached hydrogen (secondary N) is 1. The zero-order valence-electron chi connectivity index (χ0n) is 8.45. The molecule has 0 atom stereocenters. The van der Waals surface area contributed by atoms with E-state index in [1.54, 1.807) is 5.32 Å². The largest absolute Gasteiger partial charge is 0.440 e. The molecule has 18 heavy (non-hydrogen) atoms. The first-order valence-electron chi connectivity index (χ1n) is 4.34. The molecule has 0 heterocycles. The molecule has 100 valence electrons. The van der Waals surface area contributed by atoms with Crippen LogP contribution in [0.15, 0.2) is 16.6 Å². The highest BCUT2D eigenvalue weighted by Crippen LogP contribution is 2.24. The van der Waals surface area contributed by atoms with Crippen molar-refractivity contribution in [1.29, 1.82) is 0 Å². The van der Waals surface area contributed by atoms with Crippen LogP contribution in [0.2, 0.25) is 0 Å². The molecule has 1 aromatic rings. The van der Waals surface area contributed by atoms with Gasteiger partial charge >= 0.3 is 12.3 Å². The van der Waals surface area contributed by atoms with E-state index in [-0.39, 0.29) is 4.47 Å². The number of carbonyl (C=O) groups is 1. The maximum Gasteiger partial charge on any atom is 0.422 e. The Labute approximate surface area is 106 Å². The zero-order chi connectivity index (χ0) is 13.9. The van der Waals surface area contributed by atoms with Gasteiger partial charge in [-0.15, -0.1) is 0 Å². The number of rotatable bonds is 2. The van der Waals surface area contributed by atoms with Crippen LogP contribution < -0.4 is 5.32 Å². The van der Waals surface area contributed by atoms with Crippen LogP contribution in [0.1, 0.15) is 0 Å². The first-order chi connectivity index (χ1) is 8.19. The molecule has 0 saturated heterocycles. The van der Waals surface area contributed by atoms with Gasteiger partial charge in [0.25, 0.3) is 0 Å². The molecule has 0 fully saturated rings. The summed E-state index contributed by atoms with van der Waals surface area (Å²) in [5.41, 5.74) is -0.884. The smallest absolute Gasteiger partial charge is 0.422 e. The number of carbonyl (C=O) groups excluding carboxylic acids is 1. The number of hydrogen-bond donors (Lipinski definition) is 1. The van der Waals surface area contributed by atoms with Crippen LogP contribution in [0.4, 0.5) is 32.4 Å². The van der Waals surface area contributed by atoms with E-state index in [0.29, 0.717) is 0 Å². The van der Waals surface area contributed by atoms with Gasteiger partial charge in [-0.2, -0.15) is 13.2 Å². The molecule has 1 amide bonds. The Bertz CT molecular complexity index is 440. The molecule has 0 unspecified atom stereocenters. The van der Waals surface area contributed by atoms with Crippen LogP contribution in [0.5, 0.6) is 0 Å². The third-order valence-electron chi connectivity index (χ3n) is 1.60. The minimum atomic E-state index is -4.71. The highest BCUT2D eigenvalue weighted by atomic mass is 79.9. The van der Waals surface area contributed by atoms with Crippen molar-refractivity contribution in [3.63, 3.8) is 0 Å². The van der Waals surface area contributed by atoms with E-state index in [1.165, 1.54) is 0 Å². The highest BCUT2D eigenvalue weighted by Gasteiger charge is 2.30. The van der Waals surface area contributed by atoms with Crippen LogP contribution in [-0.4, -0.2) is 18.9 Å². The standard InChI is InChI=1S/C9H5BrF5NO2/c10-4-1-5(11)7(6(12)2-4)16-8(17)18-3-9(13,14)15/h1-2H,3H2,(H,16,17). The van der Waals surface area contributed by atoms with E-state index in [2.05, 4.69) is 20.7 Å². The Morgan fingerprint density at radius 2 is 1.78 bits per heavy atom. The maximum atomic E-state index is 13.2. The summed E-state index contributed by atoms with van der Waals surface area (Å²) >= 11 is 2.80. The number of anilines is 1. The minimum absolute atomic E-state index is 0.0757. The van der Waals surface area contributed by atoms with Gasteiger partial charge in [-0.25, -0.2) is 13.6 Å². The maximum absolute atomic E-state index is 13.2. The van der Waals surface area contributed by atoms with Crippen LogP contribution in [0.25, 0.3) is 0 Å². The molecule has 0 radical (unpaired) electrons. The van der Waals surface area contributed by atoms with E-state index in [0.717, 1.165) is 12.1 Å². The fraction of sp³-hybridized carbons (Fsp3) is 0.222. The van der Waals surface area contributed by atoms with E-state index >= 15 is 0 Å². The molecular weight excluding hydrogens is 329 g/mol.